The standard InChI is InChI=1S/C10H21N5/c1-13-9(11)15-10(12)14-7-8-5-3-2-4-6-8/h8H,2-7H2,1H3,(H5,11,12,13,14,15). The van der Waals surface area contributed by atoms with E-state index >= 15 is 0 Å². The van der Waals surface area contributed by atoms with Crippen molar-refractivity contribution in [3.63, 3.8) is 0 Å². The van der Waals surface area contributed by atoms with Crippen LogP contribution in [0, 0.1) is 16.7 Å². The van der Waals surface area contributed by atoms with Crippen molar-refractivity contribution >= 4 is 11.9 Å². The van der Waals surface area contributed by atoms with E-state index in [1.807, 2.05) is 0 Å². The van der Waals surface area contributed by atoms with Crippen LogP contribution < -0.4 is 16.0 Å². The molecule has 1 aliphatic rings. The van der Waals surface area contributed by atoms with E-state index in [-0.39, 0.29) is 11.9 Å². The molecule has 0 aromatic carbocycles. The molecule has 0 aromatic heterocycles. The highest BCUT2D eigenvalue weighted by Crippen LogP contribution is 2.22. The number of nitrogens with one attached hydrogen (secondary N) is 5. The van der Waals surface area contributed by atoms with E-state index in [2.05, 4.69) is 16.0 Å². The van der Waals surface area contributed by atoms with Crippen LogP contribution >= 0.6 is 0 Å². The molecule has 0 aliphatic heterocycles. The molecular weight excluding hydrogens is 190 g/mol. The Hall–Kier alpha value is -1.26. The summed E-state index contributed by atoms with van der Waals surface area (Å²) in [5, 5.41) is 23.1. The second-order valence-corrected chi connectivity index (χ2v) is 4.01. The number of rotatable bonds is 2. The molecule has 0 saturated heterocycles. The summed E-state index contributed by atoms with van der Waals surface area (Å²) in [5.41, 5.74) is 0. The van der Waals surface area contributed by atoms with Gasteiger partial charge in [0, 0.05) is 13.6 Å². The van der Waals surface area contributed by atoms with E-state index < -0.39 is 0 Å². The average molecular weight is 211 g/mol. The lowest BCUT2D eigenvalue weighted by Gasteiger charge is -2.22. The molecule has 86 valence electrons. The van der Waals surface area contributed by atoms with Crippen molar-refractivity contribution in [1.82, 2.24) is 16.0 Å². The lowest BCUT2D eigenvalue weighted by atomic mass is 9.89. The fraction of sp³-hybridized carbons (Fsp3) is 0.800. The molecule has 0 atom stereocenters. The van der Waals surface area contributed by atoms with Crippen molar-refractivity contribution < 1.29 is 0 Å². The minimum Gasteiger partial charge on any atom is -0.359 e. The minimum absolute atomic E-state index is 0.149. The van der Waals surface area contributed by atoms with Crippen LogP contribution in [-0.2, 0) is 0 Å². The van der Waals surface area contributed by atoms with Gasteiger partial charge in [0.2, 0.25) is 0 Å². The van der Waals surface area contributed by atoms with Crippen molar-refractivity contribution in [3.8, 4) is 0 Å². The molecular formula is C10H21N5. The van der Waals surface area contributed by atoms with Gasteiger partial charge in [-0.1, -0.05) is 19.3 Å². The minimum atomic E-state index is 0.149. The Bertz CT molecular complexity index is 220. The van der Waals surface area contributed by atoms with Gasteiger partial charge in [-0.25, -0.2) is 0 Å². The summed E-state index contributed by atoms with van der Waals surface area (Å²) >= 11 is 0. The molecule has 1 fully saturated rings. The lowest BCUT2D eigenvalue weighted by Crippen LogP contribution is -2.46. The zero-order valence-electron chi connectivity index (χ0n) is 9.32. The molecule has 5 heteroatoms. The van der Waals surface area contributed by atoms with Gasteiger partial charge in [-0.3, -0.25) is 16.1 Å². The number of guanidine groups is 2. The molecule has 5 nitrogen and oxygen atoms in total. The van der Waals surface area contributed by atoms with Crippen LogP contribution in [0.1, 0.15) is 32.1 Å². The van der Waals surface area contributed by atoms with Gasteiger partial charge >= 0.3 is 0 Å². The maximum atomic E-state index is 7.54. The Morgan fingerprint density at radius 2 is 1.80 bits per heavy atom. The Balaban J connectivity index is 2.12. The highest BCUT2D eigenvalue weighted by Gasteiger charge is 2.13. The predicted octanol–water partition coefficient (Wildman–Crippen LogP) is 0.835. The zero-order valence-corrected chi connectivity index (χ0v) is 9.32. The SMILES string of the molecule is CNC(=N)NC(=N)NCC1CCCCC1. The summed E-state index contributed by atoms with van der Waals surface area (Å²) in [4.78, 5) is 0. The van der Waals surface area contributed by atoms with Crippen molar-refractivity contribution in [3.05, 3.63) is 0 Å². The summed E-state index contributed by atoms with van der Waals surface area (Å²) in [5.74, 6) is 1.06. The first kappa shape index (κ1) is 11.8. The second-order valence-electron chi connectivity index (χ2n) is 4.01. The summed E-state index contributed by atoms with van der Waals surface area (Å²) in [6.45, 7) is 0.850. The third kappa shape index (κ3) is 4.67. The van der Waals surface area contributed by atoms with Crippen LogP contribution in [0.2, 0.25) is 0 Å². The van der Waals surface area contributed by atoms with Crippen LogP contribution in [0.3, 0.4) is 0 Å². The van der Waals surface area contributed by atoms with Crippen molar-refractivity contribution in [2.24, 2.45) is 5.92 Å². The van der Waals surface area contributed by atoms with Crippen LogP contribution in [-0.4, -0.2) is 25.5 Å². The van der Waals surface area contributed by atoms with E-state index in [0.29, 0.717) is 5.92 Å². The van der Waals surface area contributed by atoms with Crippen LogP contribution in [0.15, 0.2) is 0 Å². The molecule has 1 rings (SSSR count). The van der Waals surface area contributed by atoms with Crippen LogP contribution in [0.5, 0.6) is 0 Å². The molecule has 0 bridgehead atoms. The first-order valence-corrected chi connectivity index (χ1v) is 5.58. The van der Waals surface area contributed by atoms with Crippen molar-refractivity contribution in [2.45, 2.75) is 32.1 Å². The number of hydrogen-bond donors (Lipinski definition) is 5. The number of hydrogen-bond acceptors (Lipinski definition) is 2. The molecule has 1 aliphatic carbocycles. The molecule has 1 saturated carbocycles. The Morgan fingerprint density at radius 3 is 2.40 bits per heavy atom. The quantitative estimate of drug-likeness (QED) is 0.346. The van der Waals surface area contributed by atoms with Gasteiger partial charge in [0.25, 0.3) is 0 Å². The van der Waals surface area contributed by atoms with Gasteiger partial charge in [-0.15, -0.1) is 0 Å². The highest BCUT2D eigenvalue weighted by molar-refractivity contribution is 5.95. The molecule has 5 N–H and O–H groups in total. The normalized spacial score (nSPS) is 16.9. The van der Waals surface area contributed by atoms with E-state index in [9.17, 15) is 0 Å². The Morgan fingerprint density at radius 1 is 1.13 bits per heavy atom. The summed E-state index contributed by atoms with van der Waals surface area (Å²) in [6, 6.07) is 0. The molecule has 15 heavy (non-hydrogen) atoms. The van der Waals surface area contributed by atoms with Gasteiger partial charge in [-0.05, 0) is 18.8 Å². The largest absolute Gasteiger partial charge is 0.359 e. The van der Waals surface area contributed by atoms with E-state index in [4.69, 9.17) is 10.8 Å². The predicted molar refractivity (Wildman–Crippen MR) is 62.2 cm³/mol. The maximum Gasteiger partial charge on any atom is 0.195 e. The van der Waals surface area contributed by atoms with E-state index in [0.717, 1.165) is 6.54 Å². The molecule has 0 heterocycles. The lowest BCUT2D eigenvalue weighted by molar-refractivity contribution is 0.356. The van der Waals surface area contributed by atoms with Gasteiger partial charge in [0.1, 0.15) is 0 Å². The smallest absolute Gasteiger partial charge is 0.195 e. The topological polar surface area (TPSA) is 83.8 Å². The zero-order chi connectivity index (χ0) is 11.1. The van der Waals surface area contributed by atoms with Crippen LogP contribution in [0.25, 0.3) is 0 Å². The third-order valence-corrected chi connectivity index (χ3v) is 2.79. The molecule has 0 radical (unpaired) electrons. The van der Waals surface area contributed by atoms with Crippen molar-refractivity contribution in [2.75, 3.05) is 13.6 Å². The summed E-state index contributed by atoms with van der Waals surface area (Å²) in [7, 11) is 1.66. The van der Waals surface area contributed by atoms with E-state index in [1.165, 1.54) is 32.1 Å². The monoisotopic (exact) mass is 211 g/mol. The first-order chi connectivity index (χ1) is 7.22. The molecule has 0 unspecified atom stereocenters. The second kappa shape index (κ2) is 6.27. The van der Waals surface area contributed by atoms with Gasteiger partial charge in [-0.2, -0.15) is 0 Å². The molecule has 0 amide bonds. The molecule has 0 spiro atoms. The first-order valence-electron chi connectivity index (χ1n) is 5.58. The van der Waals surface area contributed by atoms with Crippen molar-refractivity contribution in [1.29, 1.82) is 10.8 Å². The Labute approximate surface area is 91.0 Å². The summed E-state index contributed by atoms with van der Waals surface area (Å²) < 4.78 is 0. The van der Waals surface area contributed by atoms with Crippen LogP contribution in [0.4, 0.5) is 0 Å². The maximum absolute atomic E-state index is 7.54. The third-order valence-electron chi connectivity index (χ3n) is 2.79. The van der Waals surface area contributed by atoms with E-state index in [1.54, 1.807) is 7.05 Å². The Kier molecular flexibility index (Phi) is 4.93. The average Bonchev–Trinajstić information content (AvgIpc) is 2.27. The van der Waals surface area contributed by atoms with Gasteiger partial charge in [0.15, 0.2) is 11.9 Å². The fourth-order valence-corrected chi connectivity index (χ4v) is 1.87. The highest BCUT2D eigenvalue weighted by atomic mass is 15.2. The van der Waals surface area contributed by atoms with Gasteiger partial charge < -0.3 is 10.6 Å². The fourth-order valence-electron chi connectivity index (χ4n) is 1.87. The van der Waals surface area contributed by atoms with Gasteiger partial charge in [0.05, 0.1) is 0 Å². The summed E-state index contributed by atoms with van der Waals surface area (Å²) in [6.07, 6.45) is 6.53. The molecule has 0 aromatic rings.